The largest absolute Gasteiger partial charge is 0.467 e. The number of aromatic nitrogens is 1. The molecule has 3 aromatic rings. The number of nitriles is 1. The van der Waals surface area contributed by atoms with Gasteiger partial charge in [-0.1, -0.05) is 0 Å². The van der Waals surface area contributed by atoms with E-state index in [4.69, 9.17) is 4.42 Å². The van der Waals surface area contributed by atoms with E-state index in [0.29, 0.717) is 27.9 Å². The molecule has 2 aromatic heterocycles. The summed E-state index contributed by atoms with van der Waals surface area (Å²) in [7, 11) is 0. The molecule has 0 aliphatic heterocycles. The van der Waals surface area contributed by atoms with Crippen LogP contribution in [0.15, 0.2) is 41.1 Å². The molecule has 0 aliphatic carbocycles. The van der Waals surface area contributed by atoms with Crippen molar-refractivity contribution in [1.82, 2.24) is 4.98 Å². The van der Waals surface area contributed by atoms with Gasteiger partial charge in [0.15, 0.2) is 0 Å². The Labute approximate surface area is 132 Å². The van der Waals surface area contributed by atoms with Crippen LogP contribution in [0, 0.1) is 24.1 Å². The van der Waals surface area contributed by atoms with Crippen LogP contribution < -0.4 is 5.32 Å². The van der Waals surface area contributed by atoms with E-state index in [0.717, 1.165) is 0 Å². The van der Waals surface area contributed by atoms with Crippen molar-refractivity contribution < 1.29 is 13.9 Å². The summed E-state index contributed by atoms with van der Waals surface area (Å²) in [5.41, 5.74) is 2.03. The second kappa shape index (κ2) is 6.07. The molecule has 6 heteroatoms. The number of hydrogen-bond donors (Lipinski definition) is 2. The van der Waals surface area contributed by atoms with Crippen LogP contribution >= 0.6 is 0 Å². The number of pyridine rings is 1. The average molecular weight is 311 g/mol. The van der Waals surface area contributed by atoms with Gasteiger partial charge in [0.25, 0.3) is 0 Å². The second-order valence-corrected chi connectivity index (χ2v) is 5.19. The lowest BCUT2D eigenvalue weighted by Crippen LogP contribution is -2.13. The van der Waals surface area contributed by atoms with Gasteiger partial charge in [0.05, 0.1) is 23.0 Å². The normalized spacial score (nSPS) is 12.1. The molecular formula is C17H14FN3O2. The van der Waals surface area contributed by atoms with E-state index in [1.807, 2.05) is 6.07 Å². The molecule has 5 nitrogen and oxygen atoms in total. The zero-order valence-electron chi connectivity index (χ0n) is 12.4. The molecular weight excluding hydrogens is 297 g/mol. The van der Waals surface area contributed by atoms with Gasteiger partial charge < -0.3 is 14.8 Å². The van der Waals surface area contributed by atoms with E-state index in [9.17, 15) is 14.8 Å². The molecule has 0 spiro atoms. The molecule has 0 bridgehead atoms. The lowest BCUT2D eigenvalue weighted by molar-refractivity contribution is 0.162. The third-order valence-electron chi connectivity index (χ3n) is 3.59. The molecule has 0 saturated heterocycles. The zero-order valence-corrected chi connectivity index (χ0v) is 12.4. The van der Waals surface area contributed by atoms with Crippen LogP contribution in [0.25, 0.3) is 10.9 Å². The Hall–Kier alpha value is -2.91. The maximum atomic E-state index is 13.7. The van der Waals surface area contributed by atoms with Gasteiger partial charge in [0.1, 0.15) is 23.8 Å². The highest BCUT2D eigenvalue weighted by Gasteiger charge is 2.15. The van der Waals surface area contributed by atoms with E-state index in [1.165, 1.54) is 24.6 Å². The first-order valence-corrected chi connectivity index (χ1v) is 7.04. The highest BCUT2D eigenvalue weighted by molar-refractivity contribution is 5.95. The first kappa shape index (κ1) is 15.0. The van der Waals surface area contributed by atoms with Crippen molar-refractivity contribution in [3.63, 3.8) is 0 Å². The molecule has 2 N–H and O–H groups in total. The average Bonchev–Trinajstić information content (AvgIpc) is 3.06. The minimum absolute atomic E-state index is 0.122. The third kappa shape index (κ3) is 2.87. The fourth-order valence-corrected chi connectivity index (χ4v) is 2.49. The van der Waals surface area contributed by atoms with Crippen LogP contribution in [-0.2, 0) is 0 Å². The number of hydrogen-bond acceptors (Lipinski definition) is 5. The number of aryl methyl sites for hydroxylation is 1. The Morgan fingerprint density at radius 1 is 1.48 bits per heavy atom. The second-order valence-electron chi connectivity index (χ2n) is 5.19. The summed E-state index contributed by atoms with van der Waals surface area (Å²) in [4.78, 5) is 4.22. The van der Waals surface area contributed by atoms with Crippen molar-refractivity contribution >= 4 is 16.6 Å². The van der Waals surface area contributed by atoms with Gasteiger partial charge >= 0.3 is 0 Å². The molecule has 0 fully saturated rings. The smallest absolute Gasteiger partial charge is 0.134 e. The van der Waals surface area contributed by atoms with Crippen molar-refractivity contribution in [1.29, 1.82) is 5.26 Å². The molecule has 0 saturated carbocycles. The molecule has 0 unspecified atom stereocenters. The predicted molar refractivity (Wildman–Crippen MR) is 83.3 cm³/mol. The number of nitrogens with one attached hydrogen (secondary N) is 1. The molecule has 116 valence electrons. The number of rotatable bonds is 4. The Morgan fingerprint density at radius 2 is 2.30 bits per heavy atom. The minimum atomic E-state index is -0.880. The van der Waals surface area contributed by atoms with Crippen molar-refractivity contribution in [2.24, 2.45) is 0 Å². The number of fused-ring (bicyclic) bond motifs is 1. The van der Waals surface area contributed by atoms with Crippen LogP contribution in [0.1, 0.15) is 23.0 Å². The molecule has 1 aromatic carbocycles. The third-order valence-corrected chi connectivity index (χ3v) is 3.59. The molecule has 1 atom stereocenters. The summed E-state index contributed by atoms with van der Waals surface area (Å²) in [6.07, 6.45) is 2.03. The van der Waals surface area contributed by atoms with E-state index < -0.39 is 11.9 Å². The summed E-state index contributed by atoms with van der Waals surface area (Å²) in [6, 6.07) is 8.09. The molecule has 23 heavy (non-hydrogen) atoms. The predicted octanol–water partition coefficient (Wildman–Crippen LogP) is 3.29. The van der Waals surface area contributed by atoms with Crippen LogP contribution in [0.5, 0.6) is 0 Å². The minimum Gasteiger partial charge on any atom is -0.467 e. The Balaban J connectivity index is 2.00. The van der Waals surface area contributed by atoms with Gasteiger partial charge in [-0.3, -0.25) is 4.98 Å². The van der Waals surface area contributed by atoms with Gasteiger partial charge in [-0.05, 0) is 36.8 Å². The number of furan rings is 1. The van der Waals surface area contributed by atoms with Crippen molar-refractivity contribution in [2.75, 3.05) is 11.9 Å². The standard InChI is InChI=1S/C17H14FN3O2/c1-10-5-12(18)6-13-16(10)20-8-11(7-19)17(13)21-9-14(22)15-3-2-4-23-15/h2-6,8,14,22H,9H2,1H3,(H,20,21)/t14-/m1/s1. The SMILES string of the molecule is Cc1cc(F)cc2c(NC[C@@H](O)c3ccco3)c(C#N)cnc12. The fraction of sp³-hybridized carbons (Fsp3) is 0.176. The van der Waals surface area contributed by atoms with Crippen molar-refractivity contribution in [3.05, 3.63) is 59.4 Å². The number of benzene rings is 1. The van der Waals surface area contributed by atoms with Gasteiger partial charge in [-0.15, -0.1) is 0 Å². The highest BCUT2D eigenvalue weighted by Crippen LogP contribution is 2.29. The lowest BCUT2D eigenvalue weighted by Gasteiger charge is -2.14. The maximum Gasteiger partial charge on any atom is 0.134 e. The lowest BCUT2D eigenvalue weighted by atomic mass is 10.1. The van der Waals surface area contributed by atoms with Crippen LogP contribution in [0.2, 0.25) is 0 Å². The topological polar surface area (TPSA) is 82.1 Å². The number of halogens is 1. The Kier molecular flexibility index (Phi) is 3.96. The molecule has 2 heterocycles. The van der Waals surface area contributed by atoms with Gasteiger partial charge in [-0.25, -0.2) is 4.39 Å². The quantitative estimate of drug-likeness (QED) is 0.772. The van der Waals surface area contributed by atoms with E-state index in [-0.39, 0.29) is 12.1 Å². The summed E-state index contributed by atoms with van der Waals surface area (Å²) in [6.45, 7) is 1.88. The number of anilines is 1. The van der Waals surface area contributed by atoms with Crippen LogP contribution in [0.4, 0.5) is 10.1 Å². The summed E-state index contributed by atoms with van der Waals surface area (Å²) in [5, 5.41) is 22.9. The van der Waals surface area contributed by atoms with Gasteiger partial charge in [0.2, 0.25) is 0 Å². The van der Waals surface area contributed by atoms with Crippen molar-refractivity contribution in [2.45, 2.75) is 13.0 Å². The van der Waals surface area contributed by atoms with Crippen molar-refractivity contribution in [3.8, 4) is 6.07 Å². The monoisotopic (exact) mass is 311 g/mol. The van der Waals surface area contributed by atoms with Gasteiger partial charge in [-0.2, -0.15) is 5.26 Å². The molecule has 0 aliphatic rings. The highest BCUT2D eigenvalue weighted by atomic mass is 19.1. The Morgan fingerprint density at radius 3 is 3.00 bits per heavy atom. The van der Waals surface area contributed by atoms with Gasteiger partial charge in [0, 0.05) is 18.1 Å². The van der Waals surface area contributed by atoms with Crippen LogP contribution in [0.3, 0.4) is 0 Å². The number of aliphatic hydroxyl groups excluding tert-OH is 1. The van der Waals surface area contributed by atoms with E-state index in [2.05, 4.69) is 10.3 Å². The first-order valence-electron chi connectivity index (χ1n) is 7.04. The fourth-order valence-electron chi connectivity index (χ4n) is 2.49. The number of nitrogens with zero attached hydrogens (tertiary/aromatic N) is 2. The maximum absolute atomic E-state index is 13.7. The van der Waals surface area contributed by atoms with E-state index in [1.54, 1.807) is 19.1 Å². The molecule has 3 rings (SSSR count). The summed E-state index contributed by atoms with van der Waals surface area (Å²) in [5.74, 6) is 0.0123. The first-order chi connectivity index (χ1) is 11.1. The van der Waals surface area contributed by atoms with Crippen LogP contribution in [-0.4, -0.2) is 16.6 Å². The zero-order chi connectivity index (χ0) is 16.4. The number of aliphatic hydroxyl groups is 1. The molecule has 0 amide bonds. The molecule has 0 radical (unpaired) electrons. The summed E-state index contributed by atoms with van der Waals surface area (Å²) >= 11 is 0. The van der Waals surface area contributed by atoms with E-state index >= 15 is 0 Å². The summed E-state index contributed by atoms with van der Waals surface area (Å²) < 4.78 is 18.9. The Bertz CT molecular complexity index is 885.